The Hall–Kier alpha value is -1.01. The molecule has 0 atom stereocenters. The van der Waals surface area contributed by atoms with E-state index in [2.05, 4.69) is 14.9 Å². The molecule has 0 fully saturated rings. The van der Waals surface area contributed by atoms with E-state index in [9.17, 15) is 4.79 Å². The number of nitrogens with zero attached hydrogens (tertiary/aromatic N) is 2. The van der Waals surface area contributed by atoms with E-state index in [0.29, 0.717) is 11.4 Å². The summed E-state index contributed by atoms with van der Waals surface area (Å²) in [6.07, 6.45) is 1.44. The van der Waals surface area contributed by atoms with Gasteiger partial charge in [0.05, 0.1) is 6.20 Å². The highest BCUT2D eigenvalue weighted by molar-refractivity contribution is 7.07. The van der Waals surface area contributed by atoms with Crippen LogP contribution in [0, 0.1) is 0 Å². The Kier molecular flexibility index (Phi) is 2.94. The highest BCUT2D eigenvalue weighted by atomic mass is 32.1. The summed E-state index contributed by atoms with van der Waals surface area (Å²) < 4.78 is 3.60. The molecule has 0 aromatic carbocycles. The molecule has 0 aliphatic carbocycles. The third-order valence-electron chi connectivity index (χ3n) is 1.55. The van der Waals surface area contributed by atoms with Crippen molar-refractivity contribution < 1.29 is 4.79 Å². The van der Waals surface area contributed by atoms with E-state index in [4.69, 9.17) is 5.73 Å². The van der Waals surface area contributed by atoms with Gasteiger partial charge < -0.3 is 11.1 Å². The summed E-state index contributed by atoms with van der Waals surface area (Å²) in [5.41, 5.74) is 5.08. The molecule has 6 heteroatoms. The topological polar surface area (TPSA) is 80.9 Å². The summed E-state index contributed by atoms with van der Waals surface area (Å²) in [5, 5.41) is 6.35. The van der Waals surface area contributed by atoms with E-state index in [1.807, 2.05) is 13.8 Å². The normalized spacial score (nSPS) is 11.3. The molecule has 1 rings (SSSR count). The van der Waals surface area contributed by atoms with Crippen molar-refractivity contribution in [2.75, 3.05) is 6.54 Å². The maximum absolute atomic E-state index is 11.4. The molecule has 0 radical (unpaired) electrons. The Morgan fingerprint density at radius 1 is 1.77 bits per heavy atom. The van der Waals surface area contributed by atoms with Crippen molar-refractivity contribution in [1.29, 1.82) is 0 Å². The standard InChI is InChI=1S/C7H12N4OS/c1-7(2,4-8)10-6(12)5-3-9-11-13-5/h3H,4,8H2,1-2H3,(H,10,12). The molecule has 0 aliphatic heterocycles. The number of nitrogens with two attached hydrogens (primary N) is 1. The fraction of sp³-hybridized carbons (Fsp3) is 0.571. The van der Waals surface area contributed by atoms with Gasteiger partial charge in [-0.3, -0.25) is 4.79 Å². The van der Waals surface area contributed by atoms with Crippen molar-refractivity contribution in [3.8, 4) is 0 Å². The summed E-state index contributed by atoms with van der Waals surface area (Å²) in [6.45, 7) is 4.11. The molecule has 1 aromatic heterocycles. The smallest absolute Gasteiger partial charge is 0.265 e. The van der Waals surface area contributed by atoms with Gasteiger partial charge in [-0.15, -0.1) is 5.10 Å². The fourth-order valence-electron chi connectivity index (χ4n) is 0.687. The van der Waals surface area contributed by atoms with E-state index in [0.717, 1.165) is 11.5 Å². The van der Waals surface area contributed by atoms with Crippen molar-refractivity contribution in [2.45, 2.75) is 19.4 Å². The molecule has 1 aromatic rings. The molecule has 0 spiro atoms. The number of carbonyl (C=O) groups is 1. The molecule has 0 saturated carbocycles. The quantitative estimate of drug-likeness (QED) is 0.720. The Bertz CT molecular complexity index is 283. The average Bonchev–Trinajstić information content (AvgIpc) is 2.55. The molecule has 0 saturated heterocycles. The number of aromatic nitrogens is 2. The van der Waals surface area contributed by atoms with Gasteiger partial charge >= 0.3 is 0 Å². The number of hydrogen-bond acceptors (Lipinski definition) is 5. The fourth-order valence-corrected chi connectivity index (χ4v) is 1.10. The van der Waals surface area contributed by atoms with Gasteiger partial charge in [-0.25, -0.2) is 0 Å². The van der Waals surface area contributed by atoms with Crippen LogP contribution in [0.15, 0.2) is 6.20 Å². The molecule has 3 N–H and O–H groups in total. The first kappa shape index (κ1) is 10.1. The van der Waals surface area contributed by atoms with Crippen LogP contribution < -0.4 is 11.1 Å². The first-order valence-electron chi connectivity index (χ1n) is 3.85. The lowest BCUT2D eigenvalue weighted by Crippen LogP contribution is -2.48. The van der Waals surface area contributed by atoms with Crippen LogP contribution in [0.5, 0.6) is 0 Å². The second-order valence-corrected chi connectivity index (χ2v) is 4.11. The Labute approximate surface area is 80.5 Å². The van der Waals surface area contributed by atoms with E-state index in [1.165, 1.54) is 6.20 Å². The molecule has 72 valence electrons. The van der Waals surface area contributed by atoms with Crippen molar-refractivity contribution in [2.24, 2.45) is 5.73 Å². The maximum Gasteiger partial charge on any atom is 0.265 e. The van der Waals surface area contributed by atoms with Gasteiger partial charge in [0.2, 0.25) is 0 Å². The first-order chi connectivity index (χ1) is 6.05. The van der Waals surface area contributed by atoms with Crippen molar-refractivity contribution in [3.63, 3.8) is 0 Å². The zero-order valence-corrected chi connectivity index (χ0v) is 8.39. The Balaban J connectivity index is 2.61. The van der Waals surface area contributed by atoms with Crippen LogP contribution in [0.25, 0.3) is 0 Å². The molecular weight excluding hydrogens is 188 g/mol. The lowest BCUT2D eigenvalue weighted by atomic mass is 10.1. The van der Waals surface area contributed by atoms with Crippen LogP contribution in [0.3, 0.4) is 0 Å². The van der Waals surface area contributed by atoms with E-state index >= 15 is 0 Å². The summed E-state index contributed by atoms with van der Waals surface area (Å²) in [5.74, 6) is -0.176. The summed E-state index contributed by atoms with van der Waals surface area (Å²) in [7, 11) is 0. The Morgan fingerprint density at radius 3 is 2.92 bits per heavy atom. The molecule has 5 nitrogen and oxygen atoms in total. The predicted molar refractivity (Wildman–Crippen MR) is 50.5 cm³/mol. The Morgan fingerprint density at radius 2 is 2.46 bits per heavy atom. The van der Waals surface area contributed by atoms with Gasteiger partial charge in [0, 0.05) is 12.1 Å². The summed E-state index contributed by atoms with van der Waals surface area (Å²) in [6, 6.07) is 0. The molecule has 13 heavy (non-hydrogen) atoms. The van der Waals surface area contributed by atoms with Gasteiger partial charge in [0.25, 0.3) is 5.91 Å². The van der Waals surface area contributed by atoms with Crippen molar-refractivity contribution in [3.05, 3.63) is 11.1 Å². The second-order valence-electron chi connectivity index (χ2n) is 3.32. The minimum absolute atomic E-state index is 0.176. The van der Waals surface area contributed by atoms with Crippen LogP contribution >= 0.6 is 11.5 Å². The molecule has 0 unspecified atom stereocenters. The van der Waals surface area contributed by atoms with Gasteiger partial charge in [-0.2, -0.15) is 0 Å². The van der Waals surface area contributed by atoms with Crippen LogP contribution in [0.1, 0.15) is 23.5 Å². The third kappa shape index (κ3) is 2.74. The number of rotatable bonds is 3. The monoisotopic (exact) mass is 200 g/mol. The van der Waals surface area contributed by atoms with Crippen molar-refractivity contribution in [1.82, 2.24) is 14.9 Å². The lowest BCUT2D eigenvalue weighted by Gasteiger charge is -2.23. The molecule has 0 bridgehead atoms. The molecule has 1 heterocycles. The van der Waals surface area contributed by atoms with E-state index in [-0.39, 0.29) is 11.4 Å². The SMILES string of the molecule is CC(C)(CN)NC(=O)c1cnns1. The average molecular weight is 200 g/mol. The van der Waals surface area contributed by atoms with E-state index < -0.39 is 0 Å². The number of amides is 1. The number of hydrogen-bond donors (Lipinski definition) is 2. The molecular formula is C7H12N4OS. The summed E-state index contributed by atoms with van der Waals surface area (Å²) in [4.78, 5) is 11.9. The van der Waals surface area contributed by atoms with E-state index in [1.54, 1.807) is 0 Å². The van der Waals surface area contributed by atoms with Gasteiger partial charge in [-0.05, 0) is 25.4 Å². The van der Waals surface area contributed by atoms with Crippen LogP contribution in [0.2, 0.25) is 0 Å². The lowest BCUT2D eigenvalue weighted by molar-refractivity contribution is 0.0919. The second kappa shape index (κ2) is 3.80. The minimum Gasteiger partial charge on any atom is -0.345 e. The number of nitrogens with one attached hydrogen (secondary N) is 1. The number of carbonyl (C=O) groups excluding carboxylic acids is 1. The predicted octanol–water partition coefficient (Wildman–Crippen LogP) is 0.00520. The van der Waals surface area contributed by atoms with Gasteiger partial charge in [-0.1, -0.05) is 4.49 Å². The zero-order valence-electron chi connectivity index (χ0n) is 7.57. The van der Waals surface area contributed by atoms with Crippen LogP contribution in [-0.4, -0.2) is 27.6 Å². The van der Waals surface area contributed by atoms with Gasteiger partial charge in [0.1, 0.15) is 4.88 Å². The largest absolute Gasteiger partial charge is 0.345 e. The maximum atomic E-state index is 11.4. The zero-order chi connectivity index (χ0) is 9.90. The highest BCUT2D eigenvalue weighted by Gasteiger charge is 2.20. The van der Waals surface area contributed by atoms with Crippen molar-refractivity contribution >= 4 is 17.4 Å². The highest BCUT2D eigenvalue weighted by Crippen LogP contribution is 2.05. The third-order valence-corrected chi connectivity index (χ3v) is 2.21. The minimum atomic E-state index is -0.388. The summed E-state index contributed by atoms with van der Waals surface area (Å²) >= 11 is 1.07. The first-order valence-corrected chi connectivity index (χ1v) is 4.62. The molecule has 0 aliphatic rings. The molecule has 1 amide bonds. The van der Waals surface area contributed by atoms with Crippen LogP contribution in [-0.2, 0) is 0 Å². The van der Waals surface area contributed by atoms with Gasteiger partial charge in [0.15, 0.2) is 0 Å². The van der Waals surface area contributed by atoms with Crippen LogP contribution in [0.4, 0.5) is 0 Å².